The van der Waals surface area contributed by atoms with Gasteiger partial charge in [0.25, 0.3) is 5.91 Å². The number of hydrogen-bond acceptors (Lipinski definition) is 2. The Hall–Kier alpha value is -1.42. The van der Waals surface area contributed by atoms with E-state index in [1.165, 1.54) is 24.3 Å². The zero-order chi connectivity index (χ0) is 13.1. The summed E-state index contributed by atoms with van der Waals surface area (Å²) >= 11 is 5.92. The van der Waals surface area contributed by atoms with E-state index in [4.69, 9.17) is 11.6 Å². The minimum Gasteiger partial charge on any atom is -0.277 e. The topological polar surface area (TPSA) is 37.4 Å². The lowest BCUT2D eigenvalue weighted by molar-refractivity contribution is -0.127. The van der Waals surface area contributed by atoms with Gasteiger partial charge in [-0.05, 0) is 43.5 Å². The number of nitrogens with zero attached hydrogens (tertiary/aromatic N) is 1. The van der Waals surface area contributed by atoms with Gasteiger partial charge in [-0.15, -0.1) is 11.6 Å². The van der Waals surface area contributed by atoms with Gasteiger partial charge in [-0.2, -0.15) is 0 Å². The molecule has 0 saturated carbocycles. The first kappa shape index (κ1) is 13.0. The maximum Gasteiger partial charge on any atom is 0.260 e. The molecule has 2 amide bonds. The molecule has 1 fully saturated rings. The molecule has 1 aromatic rings. The maximum atomic E-state index is 12.8. The van der Waals surface area contributed by atoms with Crippen molar-refractivity contribution in [2.75, 3.05) is 6.54 Å². The van der Waals surface area contributed by atoms with Crippen molar-refractivity contribution in [3.8, 4) is 0 Å². The lowest BCUT2D eigenvalue weighted by Gasteiger charge is -2.20. The number of likely N-dealkylation sites (tertiary alicyclic amines) is 1. The average molecular weight is 270 g/mol. The molecule has 2 rings (SSSR count). The van der Waals surface area contributed by atoms with Crippen LogP contribution in [0.5, 0.6) is 0 Å². The monoisotopic (exact) mass is 269 g/mol. The van der Waals surface area contributed by atoms with E-state index in [0.717, 1.165) is 17.7 Å². The van der Waals surface area contributed by atoms with E-state index in [2.05, 4.69) is 0 Å². The lowest BCUT2D eigenvalue weighted by Crippen LogP contribution is -2.40. The highest BCUT2D eigenvalue weighted by Crippen LogP contribution is 2.19. The third-order valence-corrected chi connectivity index (χ3v) is 3.36. The summed E-state index contributed by atoms with van der Waals surface area (Å²) in [4.78, 5) is 25.2. The van der Waals surface area contributed by atoms with Crippen LogP contribution in [0.25, 0.3) is 0 Å². The molecule has 1 saturated heterocycles. The molecule has 0 aromatic heterocycles. The van der Waals surface area contributed by atoms with Crippen LogP contribution in [-0.2, 0) is 4.79 Å². The molecule has 1 aliphatic heterocycles. The van der Waals surface area contributed by atoms with Crippen molar-refractivity contribution < 1.29 is 14.0 Å². The van der Waals surface area contributed by atoms with E-state index >= 15 is 0 Å². The van der Waals surface area contributed by atoms with Gasteiger partial charge >= 0.3 is 0 Å². The highest BCUT2D eigenvalue weighted by Gasteiger charge is 2.30. The zero-order valence-electron chi connectivity index (χ0n) is 9.73. The van der Waals surface area contributed by atoms with E-state index < -0.39 is 17.1 Å². The van der Waals surface area contributed by atoms with Crippen LogP contribution in [0.4, 0.5) is 4.39 Å². The fraction of sp³-hybridized carbons (Fsp3) is 0.385. The number of carbonyl (C=O) groups excluding carboxylic acids is 2. The van der Waals surface area contributed by atoms with Gasteiger partial charge in [-0.1, -0.05) is 0 Å². The van der Waals surface area contributed by atoms with Gasteiger partial charge in [-0.3, -0.25) is 14.5 Å². The van der Waals surface area contributed by atoms with Crippen LogP contribution in [0.1, 0.15) is 29.6 Å². The number of amides is 2. The van der Waals surface area contributed by atoms with E-state index in [1.807, 2.05) is 0 Å². The summed E-state index contributed by atoms with van der Waals surface area (Å²) in [6, 6.07) is 5.15. The molecule has 3 nitrogen and oxygen atoms in total. The van der Waals surface area contributed by atoms with Crippen molar-refractivity contribution in [2.45, 2.75) is 24.6 Å². The van der Waals surface area contributed by atoms with E-state index in [-0.39, 0.29) is 5.91 Å². The number of alkyl halides is 1. The summed E-state index contributed by atoms with van der Waals surface area (Å²) in [5.41, 5.74) is 0.301. The van der Waals surface area contributed by atoms with Crippen LogP contribution in [0.2, 0.25) is 0 Å². The minimum atomic E-state index is -0.642. The predicted octanol–water partition coefficient (Wildman–Crippen LogP) is 2.59. The molecule has 0 unspecified atom stereocenters. The molecule has 1 atom stereocenters. The number of carbonyl (C=O) groups is 2. The summed E-state index contributed by atoms with van der Waals surface area (Å²) in [6.07, 6.45) is 2.17. The minimum absolute atomic E-state index is 0.301. The molecule has 18 heavy (non-hydrogen) atoms. The summed E-state index contributed by atoms with van der Waals surface area (Å²) in [6.45, 7) is 0.373. The van der Waals surface area contributed by atoms with Crippen molar-refractivity contribution in [3.63, 3.8) is 0 Å². The summed E-state index contributed by atoms with van der Waals surface area (Å²) in [5, 5.41) is -0.642. The molecule has 0 spiro atoms. The van der Waals surface area contributed by atoms with E-state index in [1.54, 1.807) is 0 Å². The molecule has 0 bridgehead atoms. The fourth-order valence-corrected chi connectivity index (χ4v) is 2.22. The van der Waals surface area contributed by atoms with E-state index in [0.29, 0.717) is 18.5 Å². The fourth-order valence-electron chi connectivity index (χ4n) is 1.95. The van der Waals surface area contributed by atoms with Crippen LogP contribution < -0.4 is 0 Å². The first-order chi connectivity index (χ1) is 8.59. The smallest absolute Gasteiger partial charge is 0.260 e. The lowest BCUT2D eigenvalue weighted by atomic mass is 10.2. The first-order valence-electron chi connectivity index (χ1n) is 5.85. The molecule has 0 aliphatic carbocycles. The van der Waals surface area contributed by atoms with Crippen molar-refractivity contribution in [1.82, 2.24) is 4.90 Å². The van der Waals surface area contributed by atoms with Gasteiger partial charge in [0.2, 0.25) is 5.91 Å². The van der Waals surface area contributed by atoms with Gasteiger partial charge in [0.05, 0.1) is 0 Å². The molecule has 1 heterocycles. The molecule has 96 valence electrons. The second-order valence-corrected chi connectivity index (χ2v) is 4.79. The van der Waals surface area contributed by atoms with Crippen LogP contribution in [0.3, 0.4) is 0 Å². The van der Waals surface area contributed by atoms with Gasteiger partial charge in [0, 0.05) is 12.1 Å². The Balaban J connectivity index is 2.21. The number of imide groups is 1. The SMILES string of the molecule is O=C(c1ccc(F)cc1)N1CCCC[C@@H](Cl)C1=O. The van der Waals surface area contributed by atoms with Crippen LogP contribution in [0, 0.1) is 5.82 Å². The summed E-state index contributed by atoms with van der Waals surface area (Å²) < 4.78 is 12.8. The van der Waals surface area contributed by atoms with Crippen molar-refractivity contribution in [3.05, 3.63) is 35.6 Å². The van der Waals surface area contributed by atoms with Gasteiger partial charge in [0.1, 0.15) is 11.2 Å². The molecular weight excluding hydrogens is 257 g/mol. The number of benzene rings is 1. The Morgan fingerprint density at radius 1 is 1.28 bits per heavy atom. The Morgan fingerprint density at radius 2 is 1.94 bits per heavy atom. The molecular formula is C13H13ClFNO2. The average Bonchev–Trinajstić information content (AvgIpc) is 2.53. The predicted molar refractivity (Wildman–Crippen MR) is 65.9 cm³/mol. The number of hydrogen-bond donors (Lipinski definition) is 0. The van der Waals surface area contributed by atoms with Gasteiger partial charge in [-0.25, -0.2) is 4.39 Å². The standard InChI is InChI=1S/C13H13ClFNO2/c14-11-3-1-2-8-16(13(11)18)12(17)9-4-6-10(15)7-5-9/h4-7,11H,1-3,8H2/t11-/m1/s1. The third kappa shape index (κ3) is 2.70. The third-order valence-electron chi connectivity index (χ3n) is 2.96. The molecule has 0 radical (unpaired) electrons. The van der Waals surface area contributed by atoms with Gasteiger partial charge in [0.15, 0.2) is 0 Å². The zero-order valence-corrected chi connectivity index (χ0v) is 10.5. The van der Waals surface area contributed by atoms with Crippen LogP contribution in [-0.4, -0.2) is 28.6 Å². The first-order valence-corrected chi connectivity index (χ1v) is 6.28. The Morgan fingerprint density at radius 3 is 2.61 bits per heavy atom. The quantitative estimate of drug-likeness (QED) is 0.580. The Bertz CT molecular complexity index is 461. The van der Waals surface area contributed by atoms with Crippen LogP contribution >= 0.6 is 11.6 Å². The van der Waals surface area contributed by atoms with Crippen molar-refractivity contribution in [2.24, 2.45) is 0 Å². The highest BCUT2D eigenvalue weighted by atomic mass is 35.5. The second-order valence-electron chi connectivity index (χ2n) is 4.27. The van der Waals surface area contributed by atoms with E-state index in [9.17, 15) is 14.0 Å². The number of halogens is 2. The molecule has 0 N–H and O–H groups in total. The van der Waals surface area contributed by atoms with Crippen molar-refractivity contribution in [1.29, 1.82) is 0 Å². The van der Waals surface area contributed by atoms with Crippen LogP contribution in [0.15, 0.2) is 24.3 Å². The largest absolute Gasteiger partial charge is 0.277 e. The summed E-state index contributed by atoms with van der Waals surface area (Å²) in [5.74, 6) is -1.18. The second kappa shape index (κ2) is 5.48. The molecule has 1 aromatic carbocycles. The van der Waals surface area contributed by atoms with Gasteiger partial charge < -0.3 is 0 Å². The number of rotatable bonds is 1. The molecule has 5 heteroatoms. The normalized spacial score (nSPS) is 20.7. The Kier molecular flexibility index (Phi) is 3.97. The highest BCUT2D eigenvalue weighted by molar-refractivity contribution is 6.32. The van der Waals surface area contributed by atoms with Crippen molar-refractivity contribution >= 4 is 23.4 Å². The molecule has 1 aliphatic rings. The summed E-state index contributed by atoms with van der Waals surface area (Å²) in [7, 11) is 0. The Labute approximate surface area is 110 Å². The maximum absolute atomic E-state index is 12.8.